The van der Waals surface area contributed by atoms with Crippen LogP contribution in [-0.4, -0.2) is 23.6 Å². The number of rotatable bonds is 5. The van der Waals surface area contributed by atoms with Crippen molar-refractivity contribution in [1.82, 2.24) is 4.57 Å². The van der Waals surface area contributed by atoms with Gasteiger partial charge >= 0.3 is 5.97 Å². The highest BCUT2D eigenvalue weighted by Gasteiger charge is 2.24. The van der Waals surface area contributed by atoms with Crippen LogP contribution in [-0.2, 0) is 4.74 Å². The topological polar surface area (TPSA) is 114 Å². The van der Waals surface area contributed by atoms with Gasteiger partial charge < -0.3 is 19.0 Å². The molecule has 2 aromatic carbocycles. The summed E-state index contributed by atoms with van der Waals surface area (Å²) in [6.07, 6.45) is 1.52. The molecule has 0 saturated heterocycles. The van der Waals surface area contributed by atoms with Crippen LogP contribution in [0.15, 0.2) is 63.9 Å². The SMILES string of the molecule is COC(=O)c1ccc(NC(=O)c2oc3ccc(F)cc3c2-c2cc(C#N)c(=O)n(C(C)C)c2)cc1. The monoisotopic (exact) mass is 473 g/mol. The molecule has 35 heavy (non-hydrogen) atoms. The van der Waals surface area contributed by atoms with Crippen molar-refractivity contribution in [2.24, 2.45) is 0 Å². The van der Waals surface area contributed by atoms with Crippen LogP contribution >= 0.6 is 0 Å². The molecular weight excluding hydrogens is 453 g/mol. The van der Waals surface area contributed by atoms with Gasteiger partial charge in [0.2, 0.25) is 5.76 Å². The zero-order valence-electron chi connectivity index (χ0n) is 19.1. The third-order valence-electron chi connectivity index (χ3n) is 5.43. The van der Waals surface area contributed by atoms with Gasteiger partial charge in [-0.1, -0.05) is 0 Å². The summed E-state index contributed by atoms with van der Waals surface area (Å²) in [6, 6.07) is 12.9. The maximum absolute atomic E-state index is 14.2. The van der Waals surface area contributed by atoms with Gasteiger partial charge in [0.05, 0.1) is 12.7 Å². The number of ether oxygens (including phenoxy) is 1. The zero-order valence-corrected chi connectivity index (χ0v) is 19.1. The molecule has 4 aromatic rings. The minimum atomic E-state index is -0.636. The highest BCUT2D eigenvalue weighted by molar-refractivity contribution is 6.12. The van der Waals surface area contributed by atoms with Crippen molar-refractivity contribution in [3.63, 3.8) is 0 Å². The molecule has 0 bridgehead atoms. The molecule has 0 aliphatic rings. The fourth-order valence-electron chi connectivity index (χ4n) is 3.71. The summed E-state index contributed by atoms with van der Waals surface area (Å²) in [5.74, 6) is -1.82. The summed E-state index contributed by atoms with van der Waals surface area (Å²) in [6.45, 7) is 3.57. The molecule has 0 radical (unpaired) electrons. The Morgan fingerprint density at radius 1 is 1.14 bits per heavy atom. The van der Waals surface area contributed by atoms with Crippen LogP contribution in [0, 0.1) is 17.1 Å². The lowest BCUT2D eigenvalue weighted by Gasteiger charge is -2.13. The summed E-state index contributed by atoms with van der Waals surface area (Å²) < 4.78 is 26.0. The summed E-state index contributed by atoms with van der Waals surface area (Å²) in [4.78, 5) is 37.5. The van der Waals surface area contributed by atoms with Crippen molar-refractivity contribution in [3.05, 3.63) is 87.8 Å². The maximum Gasteiger partial charge on any atom is 0.337 e. The van der Waals surface area contributed by atoms with E-state index in [2.05, 4.69) is 10.1 Å². The average molecular weight is 473 g/mol. The lowest BCUT2D eigenvalue weighted by atomic mass is 10.0. The van der Waals surface area contributed by atoms with Crippen molar-refractivity contribution in [1.29, 1.82) is 5.26 Å². The molecule has 0 fully saturated rings. The number of halogens is 1. The number of carbonyl (C=O) groups is 2. The Bertz CT molecular complexity index is 1560. The van der Waals surface area contributed by atoms with Crippen LogP contribution in [0.1, 0.15) is 46.4 Å². The summed E-state index contributed by atoms with van der Waals surface area (Å²) >= 11 is 0. The predicted octanol–water partition coefficient (Wildman–Crippen LogP) is 4.89. The molecule has 0 saturated carbocycles. The number of nitriles is 1. The van der Waals surface area contributed by atoms with Crippen LogP contribution in [0.25, 0.3) is 22.1 Å². The first kappa shape index (κ1) is 23.4. The molecule has 0 aliphatic carbocycles. The molecule has 9 heteroatoms. The van der Waals surface area contributed by atoms with Gasteiger partial charge in [0.1, 0.15) is 23.0 Å². The number of hydrogen-bond acceptors (Lipinski definition) is 6. The Kier molecular flexibility index (Phi) is 6.21. The van der Waals surface area contributed by atoms with Gasteiger partial charge in [-0.15, -0.1) is 0 Å². The van der Waals surface area contributed by atoms with E-state index in [1.54, 1.807) is 13.8 Å². The number of pyridine rings is 1. The summed E-state index contributed by atoms with van der Waals surface area (Å²) in [5, 5.41) is 12.5. The number of esters is 1. The van der Waals surface area contributed by atoms with Gasteiger partial charge in [-0.2, -0.15) is 5.26 Å². The van der Waals surface area contributed by atoms with Gasteiger partial charge in [0.25, 0.3) is 11.5 Å². The van der Waals surface area contributed by atoms with Crippen LogP contribution in [0.5, 0.6) is 0 Å². The third-order valence-corrected chi connectivity index (χ3v) is 5.43. The Hall–Kier alpha value is -4.71. The van der Waals surface area contributed by atoms with E-state index in [1.165, 1.54) is 66.4 Å². The highest BCUT2D eigenvalue weighted by Crippen LogP contribution is 2.36. The van der Waals surface area contributed by atoms with Gasteiger partial charge in [-0.25, -0.2) is 9.18 Å². The normalized spacial score (nSPS) is 10.9. The predicted molar refractivity (Wildman–Crippen MR) is 127 cm³/mol. The van der Waals surface area contributed by atoms with Crippen LogP contribution < -0.4 is 10.9 Å². The Labute approximate surface area is 199 Å². The number of amides is 1. The largest absolute Gasteiger partial charge is 0.465 e. The van der Waals surface area contributed by atoms with E-state index >= 15 is 0 Å². The zero-order chi connectivity index (χ0) is 25.3. The molecule has 2 aromatic heterocycles. The van der Waals surface area contributed by atoms with Crippen molar-refractivity contribution >= 4 is 28.5 Å². The first-order valence-electron chi connectivity index (χ1n) is 10.6. The number of nitrogens with one attached hydrogen (secondary N) is 1. The molecule has 2 heterocycles. The molecule has 1 N–H and O–H groups in total. The van der Waals surface area contributed by atoms with Crippen LogP contribution in [0.3, 0.4) is 0 Å². The smallest absolute Gasteiger partial charge is 0.337 e. The Morgan fingerprint density at radius 2 is 1.86 bits per heavy atom. The van der Waals surface area contributed by atoms with E-state index in [-0.39, 0.29) is 28.5 Å². The van der Waals surface area contributed by atoms with Crippen LogP contribution in [0.2, 0.25) is 0 Å². The molecule has 0 unspecified atom stereocenters. The van der Waals surface area contributed by atoms with Gasteiger partial charge in [-0.05, 0) is 62.4 Å². The number of fused-ring (bicyclic) bond motifs is 1. The average Bonchev–Trinajstić information content (AvgIpc) is 3.22. The fraction of sp³-hybridized carbons (Fsp3) is 0.154. The number of methoxy groups -OCH3 is 1. The van der Waals surface area contributed by atoms with E-state index in [9.17, 15) is 24.0 Å². The highest BCUT2D eigenvalue weighted by atomic mass is 19.1. The molecule has 1 amide bonds. The molecule has 0 spiro atoms. The summed E-state index contributed by atoms with van der Waals surface area (Å²) in [7, 11) is 1.27. The lowest BCUT2D eigenvalue weighted by molar-refractivity contribution is 0.0600. The van der Waals surface area contributed by atoms with Crippen molar-refractivity contribution in [3.8, 4) is 17.2 Å². The summed E-state index contributed by atoms with van der Waals surface area (Å²) in [5.41, 5.74) is 0.956. The molecule has 8 nitrogen and oxygen atoms in total. The fourth-order valence-corrected chi connectivity index (χ4v) is 3.71. The second-order valence-corrected chi connectivity index (χ2v) is 8.03. The molecular formula is C26H20FN3O5. The maximum atomic E-state index is 14.2. The van der Waals surface area contributed by atoms with Gasteiger partial charge in [0, 0.05) is 34.4 Å². The van der Waals surface area contributed by atoms with Crippen molar-refractivity contribution < 1.29 is 23.1 Å². The van der Waals surface area contributed by atoms with E-state index in [4.69, 9.17) is 4.42 Å². The number of carbonyl (C=O) groups excluding carboxylic acids is 2. The second kappa shape index (κ2) is 9.27. The molecule has 176 valence electrons. The quantitative estimate of drug-likeness (QED) is 0.413. The molecule has 0 atom stereocenters. The molecule has 4 rings (SSSR count). The van der Waals surface area contributed by atoms with E-state index < -0.39 is 23.3 Å². The number of benzene rings is 2. The van der Waals surface area contributed by atoms with E-state index in [0.29, 0.717) is 22.2 Å². The number of nitrogens with zero attached hydrogens (tertiary/aromatic N) is 2. The number of furan rings is 1. The first-order valence-corrected chi connectivity index (χ1v) is 10.6. The Balaban J connectivity index is 1.86. The van der Waals surface area contributed by atoms with E-state index in [1.807, 2.05) is 6.07 Å². The third kappa shape index (κ3) is 4.42. The minimum absolute atomic E-state index is 0.119. The number of anilines is 1. The van der Waals surface area contributed by atoms with Gasteiger partial charge in [-0.3, -0.25) is 9.59 Å². The number of aromatic nitrogens is 1. The lowest BCUT2D eigenvalue weighted by Crippen LogP contribution is -2.24. The van der Waals surface area contributed by atoms with Crippen LogP contribution in [0.4, 0.5) is 10.1 Å². The first-order chi connectivity index (χ1) is 16.7. The minimum Gasteiger partial charge on any atom is -0.465 e. The van der Waals surface area contributed by atoms with Crippen molar-refractivity contribution in [2.45, 2.75) is 19.9 Å². The standard InChI is InChI=1S/C26H20FN3O5/c1-14(2)30-13-17(10-16(12-28)25(30)32)22-20-11-18(27)6-9-21(20)35-23(22)24(31)29-19-7-4-15(5-8-19)26(33)34-3/h4-11,13-14H,1-3H3,(H,29,31). The van der Waals surface area contributed by atoms with Gasteiger partial charge in [0.15, 0.2) is 0 Å². The van der Waals surface area contributed by atoms with E-state index in [0.717, 1.165) is 0 Å². The Morgan fingerprint density at radius 3 is 2.49 bits per heavy atom. The molecule has 0 aliphatic heterocycles. The second-order valence-electron chi connectivity index (χ2n) is 8.03. The number of hydrogen-bond donors (Lipinski definition) is 1. The van der Waals surface area contributed by atoms with Crippen molar-refractivity contribution in [2.75, 3.05) is 12.4 Å².